The Morgan fingerprint density at radius 3 is 2.71 bits per heavy atom. The Kier molecular flexibility index (Phi) is 5.15. The van der Waals surface area contributed by atoms with Crippen LogP contribution in [0.4, 0.5) is 0 Å². The summed E-state index contributed by atoms with van der Waals surface area (Å²) in [6.45, 7) is 3.95. The van der Waals surface area contributed by atoms with E-state index in [-0.39, 0.29) is 17.7 Å². The number of esters is 1. The minimum Gasteiger partial charge on any atom is -0.463 e. The third-order valence-electron chi connectivity index (χ3n) is 4.12. The molecule has 1 N–H and O–H groups in total. The van der Waals surface area contributed by atoms with Crippen LogP contribution in [-0.2, 0) is 14.3 Å². The molecule has 0 aromatic heterocycles. The number of rotatable bonds is 3. The highest BCUT2D eigenvalue weighted by molar-refractivity contribution is 9.10. The lowest BCUT2D eigenvalue weighted by atomic mass is 9.79. The van der Waals surface area contributed by atoms with Crippen molar-refractivity contribution in [3.63, 3.8) is 0 Å². The Bertz CT molecular complexity index is 752. The fraction of sp³-hybridized carbons (Fsp3) is 0.333. The standard InChI is InChI=1S/C18H18BrNO3S/c1-3-23-18(22)15-10(2)20-13-8-24-9-14(21)17(13)16(15)11-4-6-12(19)7-5-11/h4-7,16,20H,3,8-9H2,1-2H3. The van der Waals surface area contributed by atoms with Gasteiger partial charge in [0.2, 0.25) is 0 Å². The average Bonchev–Trinajstić information content (AvgIpc) is 2.55. The van der Waals surface area contributed by atoms with Gasteiger partial charge in [0.1, 0.15) is 0 Å². The Morgan fingerprint density at radius 2 is 2.04 bits per heavy atom. The largest absolute Gasteiger partial charge is 0.463 e. The Hall–Kier alpha value is -1.53. The minimum atomic E-state index is -0.373. The quantitative estimate of drug-likeness (QED) is 0.776. The van der Waals surface area contributed by atoms with E-state index >= 15 is 0 Å². The summed E-state index contributed by atoms with van der Waals surface area (Å²) in [5.74, 6) is 0.537. The molecule has 0 bridgehead atoms. The van der Waals surface area contributed by atoms with Gasteiger partial charge in [-0.3, -0.25) is 4.79 Å². The molecule has 1 unspecified atom stereocenters. The minimum absolute atomic E-state index is 0.0796. The van der Waals surface area contributed by atoms with Gasteiger partial charge in [-0.1, -0.05) is 28.1 Å². The number of dihydropyridines is 1. The summed E-state index contributed by atoms with van der Waals surface area (Å²) in [6, 6.07) is 7.76. The molecule has 2 aliphatic heterocycles. The van der Waals surface area contributed by atoms with Gasteiger partial charge in [-0.15, -0.1) is 11.8 Å². The highest BCUT2D eigenvalue weighted by Crippen LogP contribution is 2.42. The van der Waals surface area contributed by atoms with Crippen molar-refractivity contribution < 1.29 is 14.3 Å². The van der Waals surface area contributed by atoms with Gasteiger partial charge in [0.15, 0.2) is 5.78 Å². The number of Topliss-reactive ketones (excluding diaryl/α,β-unsaturated/α-hetero) is 1. The van der Waals surface area contributed by atoms with Gasteiger partial charge in [0.05, 0.1) is 17.9 Å². The number of hydrogen-bond donors (Lipinski definition) is 1. The molecule has 0 aliphatic carbocycles. The van der Waals surface area contributed by atoms with Gasteiger partial charge in [-0.05, 0) is 31.5 Å². The molecule has 2 heterocycles. The summed E-state index contributed by atoms with van der Waals surface area (Å²) in [7, 11) is 0. The number of carbonyl (C=O) groups is 2. The number of carbonyl (C=O) groups excluding carboxylic acids is 2. The van der Waals surface area contributed by atoms with E-state index in [9.17, 15) is 9.59 Å². The molecule has 1 atom stereocenters. The van der Waals surface area contributed by atoms with Gasteiger partial charge in [0.25, 0.3) is 0 Å². The van der Waals surface area contributed by atoms with E-state index in [0.717, 1.165) is 27.2 Å². The fourth-order valence-corrected chi connectivity index (χ4v) is 4.27. The van der Waals surface area contributed by atoms with Crippen LogP contribution in [0.15, 0.2) is 51.3 Å². The van der Waals surface area contributed by atoms with Gasteiger partial charge in [-0.2, -0.15) is 0 Å². The van der Waals surface area contributed by atoms with Crippen LogP contribution in [0.2, 0.25) is 0 Å². The number of halogens is 1. The molecule has 1 aromatic carbocycles. The Labute approximate surface area is 153 Å². The zero-order valence-electron chi connectivity index (χ0n) is 13.5. The van der Waals surface area contributed by atoms with E-state index in [1.807, 2.05) is 31.2 Å². The average molecular weight is 408 g/mol. The molecule has 3 rings (SSSR count). The van der Waals surface area contributed by atoms with Crippen LogP contribution >= 0.6 is 27.7 Å². The number of ketones is 1. The monoisotopic (exact) mass is 407 g/mol. The van der Waals surface area contributed by atoms with Crippen LogP contribution < -0.4 is 5.32 Å². The molecule has 24 heavy (non-hydrogen) atoms. The molecule has 0 fully saturated rings. The van der Waals surface area contributed by atoms with Crippen LogP contribution in [0.1, 0.15) is 25.3 Å². The molecule has 1 aromatic rings. The number of allylic oxidation sites excluding steroid dienone is 2. The van der Waals surface area contributed by atoms with Crippen molar-refractivity contribution in [1.82, 2.24) is 5.32 Å². The second kappa shape index (κ2) is 7.15. The number of hydrogen-bond acceptors (Lipinski definition) is 5. The number of thioether (sulfide) groups is 1. The van der Waals surface area contributed by atoms with Crippen molar-refractivity contribution in [3.8, 4) is 0 Å². The predicted molar refractivity (Wildman–Crippen MR) is 98.7 cm³/mol. The molecule has 4 nitrogen and oxygen atoms in total. The SMILES string of the molecule is CCOC(=O)C1=C(C)NC2=C(C(=O)CSC2)C1c1ccc(Br)cc1. The number of nitrogens with one attached hydrogen (secondary N) is 1. The molecule has 0 spiro atoms. The number of benzene rings is 1. The first-order valence-corrected chi connectivity index (χ1v) is 9.72. The fourth-order valence-electron chi connectivity index (χ4n) is 3.13. The van der Waals surface area contributed by atoms with Crippen molar-refractivity contribution >= 4 is 39.4 Å². The van der Waals surface area contributed by atoms with Crippen LogP contribution in [0.25, 0.3) is 0 Å². The molecule has 6 heteroatoms. The molecule has 0 saturated carbocycles. The van der Waals surface area contributed by atoms with Crippen molar-refractivity contribution in [2.45, 2.75) is 19.8 Å². The first kappa shape index (κ1) is 17.3. The third kappa shape index (κ3) is 3.17. The lowest BCUT2D eigenvalue weighted by Gasteiger charge is -2.33. The molecular weight excluding hydrogens is 390 g/mol. The third-order valence-corrected chi connectivity index (χ3v) is 5.61. The van der Waals surface area contributed by atoms with E-state index in [1.54, 1.807) is 18.7 Å². The van der Waals surface area contributed by atoms with E-state index in [1.165, 1.54) is 0 Å². The zero-order chi connectivity index (χ0) is 17.3. The van der Waals surface area contributed by atoms with E-state index < -0.39 is 0 Å². The van der Waals surface area contributed by atoms with Crippen LogP contribution in [0.5, 0.6) is 0 Å². The van der Waals surface area contributed by atoms with Gasteiger partial charge in [-0.25, -0.2) is 4.79 Å². The summed E-state index contributed by atoms with van der Waals surface area (Å²) in [5.41, 5.74) is 3.82. The molecule has 126 valence electrons. The summed E-state index contributed by atoms with van der Waals surface area (Å²) >= 11 is 5.03. The zero-order valence-corrected chi connectivity index (χ0v) is 15.9. The highest BCUT2D eigenvalue weighted by Gasteiger charge is 2.39. The van der Waals surface area contributed by atoms with E-state index in [4.69, 9.17) is 4.74 Å². The van der Waals surface area contributed by atoms with Gasteiger partial charge >= 0.3 is 5.97 Å². The summed E-state index contributed by atoms with van der Waals surface area (Å²) < 4.78 is 6.21. The maximum atomic E-state index is 12.6. The number of ether oxygens (including phenoxy) is 1. The van der Waals surface area contributed by atoms with Gasteiger partial charge < -0.3 is 10.1 Å². The molecule has 0 radical (unpaired) electrons. The van der Waals surface area contributed by atoms with Gasteiger partial charge in [0, 0.05) is 33.1 Å². The first-order chi connectivity index (χ1) is 11.5. The molecule has 0 saturated heterocycles. The van der Waals surface area contributed by atoms with Crippen molar-refractivity contribution in [2.75, 3.05) is 18.1 Å². The lowest BCUT2D eigenvalue weighted by Crippen LogP contribution is -2.36. The lowest BCUT2D eigenvalue weighted by molar-refractivity contribution is -0.138. The van der Waals surface area contributed by atoms with Crippen LogP contribution in [0, 0.1) is 0 Å². The Morgan fingerprint density at radius 1 is 1.33 bits per heavy atom. The summed E-state index contributed by atoms with van der Waals surface area (Å²) in [4.78, 5) is 25.2. The normalized spacial score (nSPS) is 20.6. The van der Waals surface area contributed by atoms with Crippen LogP contribution in [-0.4, -0.2) is 29.9 Å². The van der Waals surface area contributed by atoms with Crippen molar-refractivity contribution in [3.05, 3.63) is 56.8 Å². The predicted octanol–water partition coefficient (Wildman–Crippen LogP) is 3.54. The highest BCUT2D eigenvalue weighted by atomic mass is 79.9. The molecular formula is C18H18BrNO3S. The topological polar surface area (TPSA) is 55.4 Å². The maximum absolute atomic E-state index is 12.6. The maximum Gasteiger partial charge on any atom is 0.336 e. The van der Waals surface area contributed by atoms with E-state index in [0.29, 0.717) is 23.5 Å². The molecule has 0 amide bonds. The van der Waals surface area contributed by atoms with Crippen LogP contribution in [0.3, 0.4) is 0 Å². The van der Waals surface area contributed by atoms with E-state index in [2.05, 4.69) is 21.2 Å². The van der Waals surface area contributed by atoms with Crippen molar-refractivity contribution in [2.24, 2.45) is 0 Å². The molecule has 2 aliphatic rings. The smallest absolute Gasteiger partial charge is 0.336 e. The second-order valence-electron chi connectivity index (χ2n) is 5.68. The summed E-state index contributed by atoms with van der Waals surface area (Å²) in [5, 5.41) is 3.26. The van der Waals surface area contributed by atoms with Crippen molar-refractivity contribution in [1.29, 1.82) is 0 Å². The Balaban J connectivity index is 2.15. The second-order valence-corrected chi connectivity index (χ2v) is 7.58. The first-order valence-electron chi connectivity index (χ1n) is 7.77. The summed E-state index contributed by atoms with van der Waals surface area (Å²) in [6.07, 6.45) is 0.